The number of amides is 1. The van der Waals surface area contributed by atoms with Gasteiger partial charge in [-0.25, -0.2) is 0 Å². The molecule has 3 aliphatic carbocycles. The first-order chi connectivity index (χ1) is 15.1. The molecule has 0 unspecified atom stereocenters. The van der Waals surface area contributed by atoms with E-state index in [1.165, 1.54) is 39.4 Å². The average molecular weight is 406 g/mol. The van der Waals surface area contributed by atoms with Crippen LogP contribution in [0, 0.1) is 0 Å². The normalized spacial score (nSPS) is 16.9. The lowest BCUT2D eigenvalue weighted by molar-refractivity contribution is 0.100. The molecule has 0 heterocycles. The van der Waals surface area contributed by atoms with Crippen molar-refractivity contribution in [2.24, 2.45) is 5.73 Å². The van der Waals surface area contributed by atoms with Gasteiger partial charge in [-0.05, 0) is 45.5 Å². The van der Waals surface area contributed by atoms with Gasteiger partial charge in [-0.1, -0.05) is 78.9 Å². The number of carbonyl (C=O) groups excluding carboxylic acids is 1. The highest BCUT2D eigenvalue weighted by atomic mass is 16.1. The van der Waals surface area contributed by atoms with Crippen LogP contribution in [0.15, 0.2) is 91.0 Å². The van der Waals surface area contributed by atoms with E-state index in [4.69, 9.17) is 17.2 Å². The quantitative estimate of drug-likeness (QED) is 0.348. The molecule has 0 spiro atoms. The SMILES string of the molecule is NC(=O)c1cccc(N)c1N.c1ccc2c(c1)C1c3ccccc3C2c2ccccc21. The molecule has 1 amide bonds. The zero-order chi connectivity index (χ0) is 21.5. The third-order valence-electron chi connectivity index (χ3n) is 6.26. The number of hydrogen-bond acceptors (Lipinski definition) is 3. The summed E-state index contributed by atoms with van der Waals surface area (Å²) in [5.41, 5.74) is 25.8. The Morgan fingerprint density at radius 2 is 0.903 bits per heavy atom. The highest BCUT2D eigenvalue weighted by Gasteiger charge is 2.40. The smallest absolute Gasteiger partial charge is 0.250 e. The van der Waals surface area contributed by atoms with Gasteiger partial charge in [0.1, 0.15) is 0 Å². The third kappa shape index (κ3) is 2.96. The number of hydrogen-bond donors (Lipinski definition) is 3. The van der Waals surface area contributed by atoms with Crippen LogP contribution in [0.4, 0.5) is 11.4 Å². The van der Waals surface area contributed by atoms with Gasteiger partial charge in [0.15, 0.2) is 0 Å². The van der Waals surface area contributed by atoms with E-state index in [0.29, 0.717) is 17.5 Å². The molecular formula is C27H23N3O. The molecule has 31 heavy (non-hydrogen) atoms. The van der Waals surface area contributed by atoms with E-state index in [9.17, 15) is 4.79 Å². The van der Waals surface area contributed by atoms with Crippen molar-refractivity contribution in [3.05, 3.63) is 130 Å². The summed E-state index contributed by atoms with van der Waals surface area (Å²) < 4.78 is 0. The minimum absolute atomic E-state index is 0.250. The lowest BCUT2D eigenvalue weighted by Crippen LogP contribution is -2.27. The molecule has 0 saturated carbocycles. The molecule has 3 aliphatic rings. The maximum absolute atomic E-state index is 10.7. The van der Waals surface area contributed by atoms with Gasteiger partial charge >= 0.3 is 0 Å². The van der Waals surface area contributed by atoms with Gasteiger partial charge in [0, 0.05) is 11.8 Å². The topological polar surface area (TPSA) is 95.1 Å². The van der Waals surface area contributed by atoms with E-state index < -0.39 is 5.91 Å². The molecule has 4 nitrogen and oxygen atoms in total. The number of primary amides is 1. The van der Waals surface area contributed by atoms with Crippen molar-refractivity contribution in [3.8, 4) is 0 Å². The Hall–Kier alpha value is -4.05. The summed E-state index contributed by atoms with van der Waals surface area (Å²) in [5.74, 6) is 0.280. The first-order valence-electron chi connectivity index (χ1n) is 10.3. The van der Waals surface area contributed by atoms with Crippen LogP contribution in [0.3, 0.4) is 0 Å². The summed E-state index contributed by atoms with van der Waals surface area (Å²) in [6, 6.07) is 31.6. The number of para-hydroxylation sites is 1. The lowest BCUT2D eigenvalue weighted by atomic mass is 9.61. The van der Waals surface area contributed by atoms with Crippen LogP contribution >= 0.6 is 0 Å². The maximum atomic E-state index is 10.7. The fourth-order valence-corrected chi connectivity index (χ4v) is 4.91. The highest BCUT2D eigenvalue weighted by Crippen LogP contribution is 2.55. The first kappa shape index (κ1) is 18.9. The minimum Gasteiger partial charge on any atom is -0.397 e. The number of rotatable bonds is 1. The molecule has 4 aromatic carbocycles. The zero-order valence-corrected chi connectivity index (χ0v) is 17.0. The Kier molecular flexibility index (Phi) is 4.48. The number of nitrogen functional groups attached to an aromatic ring is 2. The molecule has 0 fully saturated rings. The first-order valence-corrected chi connectivity index (χ1v) is 10.3. The Labute approximate surface area is 181 Å². The predicted octanol–water partition coefficient (Wildman–Crippen LogP) is 4.62. The second-order valence-corrected chi connectivity index (χ2v) is 7.93. The fourth-order valence-electron chi connectivity index (χ4n) is 4.91. The van der Waals surface area contributed by atoms with Crippen molar-refractivity contribution >= 4 is 17.3 Å². The van der Waals surface area contributed by atoms with Crippen LogP contribution in [0.2, 0.25) is 0 Å². The summed E-state index contributed by atoms with van der Waals surface area (Å²) in [6.45, 7) is 0. The Bertz CT molecular complexity index is 1130. The minimum atomic E-state index is -0.560. The van der Waals surface area contributed by atoms with Crippen molar-refractivity contribution in [2.45, 2.75) is 11.8 Å². The van der Waals surface area contributed by atoms with Crippen LogP contribution in [0.5, 0.6) is 0 Å². The van der Waals surface area contributed by atoms with E-state index in [-0.39, 0.29) is 11.3 Å². The van der Waals surface area contributed by atoms with Crippen LogP contribution in [-0.4, -0.2) is 5.91 Å². The second kappa shape index (κ2) is 7.33. The van der Waals surface area contributed by atoms with E-state index in [0.717, 1.165) is 0 Å². The molecule has 0 saturated heterocycles. The number of benzene rings is 4. The fraction of sp³-hybridized carbons (Fsp3) is 0.0741. The van der Waals surface area contributed by atoms with Crippen LogP contribution in [0.25, 0.3) is 0 Å². The monoisotopic (exact) mass is 405 g/mol. The van der Waals surface area contributed by atoms with Crippen molar-refractivity contribution in [1.29, 1.82) is 0 Å². The summed E-state index contributed by atoms with van der Waals surface area (Å²) in [6.07, 6.45) is 0. The van der Waals surface area contributed by atoms with Crippen molar-refractivity contribution in [2.75, 3.05) is 11.5 Å². The molecule has 0 aromatic heterocycles. The third-order valence-corrected chi connectivity index (χ3v) is 6.26. The van der Waals surface area contributed by atoms with Gasteiger partial charge in [-0.15, -0.1) is 0 Å². The Morgan fingerprint density at radius 1 is 0.548 bits per heavy atom. The van der Waals surface area contributed by atoms with Gasteiger partial charge in [0.25, 0.3) is 5.91 Å². The van der Waals surface area contributed by atoms with Gasteiger partial charge in [0.05, 0.1) is 16.9 Å². The molecule has 0 atom stereocenters. The summed E-state index contributed by atoms with van der Waals surface area (Å²) >= 11 is 0. The Balaban J connectivity index is 0.000000159. The molecular weight excluding hydrogens is 382 g/mol. The molecule has 6 N–H and O–H groups in total. The summed E-state index contributed by atoms with van der Waals surface area (Å²) in [4.78, 5) is 10.7. The standard InChI is InChI=1S/C20H14.C7H9N3O/c1-2-8-14-13(7-1)19-15-9-3-5-11-17(15)20(14)18-12-6-4-10-16(18)19;8-5-3-1-2-4(6(5)9)7(10)11/h1-12,19-20H;1-3H,8-9H2,(H2,10,11). The van der Waals surface area contributed by atoms with E-state index in [1.54, 1.807) is 12.1 Å². The van der Waals surface area contributed by atoms with Crippen LogP contribution in [0.1, 0.15) is 55.6 Å². The predicted molar refractivity (Wildman–Crippen MR) is 125 cm³/mol. The van der Waals surface area contributed by atoms with Crippen molar-refractivity contribution < 1.29 is 4.79 Å². The molecule has 0 aliphatic heterocycles. The highest BCUT2D eigenvalue weighted by molar-refractivity contribution is 6.00. The van der Waals surface area contributed by atoms with E-state index in [1.807, 2.05) is 0 Å². The second-order valence-electron chi connectivity index (χ2n) is 7.93. The van der Waals surface area contributed by atoms with Crippen molar-refractivity contribution in [3.63, 3.8) is 0 Å². The van der Waals surface area contributed by atoms with Crippen LogP contribution in [-0.2, 0) is 0 Å². The summed E-state index contributed by atoms with van der Waals surface area (Å²) in [5, 5.41) is 0. The average Bonchev–Trinajstić information content (AvgIpc) is 2.81. The molecule has 0 radical (unpaired) electrons. The zero-order valence-electron chi connectivity index (χ0n) is 17.0. The number of anilines is 2. The molecule has 2 bridgehead atoms. The number of carbonyl (C=O) groups is 1. The van der Waals surface area contributed by atoms with Gasteiger partial charge in [-0.2, -0.15) is 0 Å². The van der Waals surface area contributed by atoms with E-state index in [2.05, 4.69) is 72.8 Å². The van der Waals surface area contributed by atoms with E-state index >= 15 is 0 Å². The molecule has 152 valence electrons. The number of nitrogens with two attached hydrogens (primary N) is 3. The van der Waals surface area contributed by atoms with Gasteiger partial charge in [-0.3, -0.25) is 4.79 Å². The Morgan fingerprint density at radius 3 is 1.19 bits per heavy atom. The summed E-state index contributed by atoms with van der Waals surface area (Å²) in [7, 11) is 0. The molecule has 4 heteroatoms. The molecule has 7 rings (SSSR count). The van der Waals surface area contributed by atoms with Crippen LogP contribution < -0.4 is 17.2 Å². The largest absolute Gasteiger partial charge is 0.397 e. The van der Waals surface area contributed by atoms with Gasteiger partial charge in [0.2, 0.25) is 0 Å². The van der Waals surface area contributed by atoms with Crippen molar-refractivity contribution in [1.82, 2.24) is 0 Å². The molecule has 4 aromatic rings. The maximum Gasteiger partial charge on any atom is 0.250 e. The van der Waals surface area contributed by atoms with Gasteiger partial charge < -0.3 is 17.2 Å². The lowest BCUT2D eigenvalue weighted by Gasteiger charge is -2.42.